The van der Waals surface area contributed by atoms with Crippen LogP contribution < -0.4 is 46.6 Å². The number of aromatic nitrogens is 20. The number of pyridine rings is 4. The number of benzene rings is 8. The van der Waals surface area contributed by atoms with Crippen molar-refractivity contribution in [2.45, 2.75) is 81.1 Å². The number of nitrogens with two attached hydrogens (primary N) is 4. The molecule has 10 heterocycles. The zero-order valence-electron chi connectivity index (χ0n) is 79.6. The molecule has 2 saturated heterocycles. The molecule has 38 heteroatoms. The Bertz CT molecular complexity index is 7020. The van der Waals surface area contributed by atoms with Crippen LogP contribution in [0.2, 0.25) is 0 Å². The van der Waals surface area contributed by atoms with Crippen LogP contribution in [0.25, 0.3) is 113 Å². The van der Waals surface area contributed by atoms with E-state index in [0.29, 0.717) is 117 Å². The highest BCUT2D eigenvalue weighted by atomic mass is 19.1. The molecule has 0 atom stereocenters. The zero-order chi connectivity index (χ0) is 98.2. The van der Waals surface area contributed by atoms with Gasteiger partial charge in [0.2, 0.25) is 0 Å². The van der Waals surface area contributed by atoms with Crippen LogP contribution in [0, 0.1) is 84.5 Å². The fraction of sp³-hybridized carbons (Fsp3) is 0.287. The van der Waals surface area contributed by atoms with Crippen LogP contribution in [0.15, 0.2) is 183 Å². The van der Waals surface area contributed by atoms with Gasteiger partial charge in [0.1, 0.15) is 107 Å². The van der Waals surface area contributed by atoms with Crippen molar-refractivity contribution >= 4 is 23.3 Å². The topological polar surface area (TPSA) is 389 Å². The Morgan fingerprint density at radius 3 is 0.950 bits per heavy atom. The van der Waals surface area contributed by atoms with E-state index in [9.17, 15) is 4.39 Å². The number of tetrazole rings is 4. The first-order valence-corrected chi connectivity index (χ1v) is 45.3. The standard InChI is InChI=1S/C27H30FN7O.C25H25F2N7O.C25H28FN7O.C24H26FN7O2/c1-17-7-6-8-21(18(17)2)20-15-22(26(29)30-16-20)27-31-32-33-35(27)23-9-10-24(19(3)25(23)28)36-14-13-34-11-4-5-12-34;1-16-22(35-13-12-33-10-2-3-11-33)9-8-21(23(16)27)34-25(30-31-32-34)20-14-18(15-29-24(20)28)17-4-6-19(26)7-5-17;1-15-7-6-8-19(16(15)2)18-13-20(24(27)28-14-18)25-29-30-31-33(25)21-9-10-22(17(3)23(21)26)34-12-11-32(4)5;1-15-20(34-12-11-31(2)3)10-9-19(22(15)25)32-24(28-29-30-32)18-13-16(14-27-23(18)26)17-7-5-6-8-21(17)33-4/h6-10,15-16H,4-5,11-14H2,1-3H3,(H2,29,30);4-9,14-15H,2-3,10-13H2,1H3,(H2,28,29);6-10,13-14H,11-12H2,1-5H3,(H2,27,28);5-10,13-14H,11-12H2,1-4H3,(H2,26,27). The summed E-state index contributed by atoms with van der Waals surface area (Å²) < 4.78 is 109. The first kappa shape index (κ1) is 97.9. The predicted molar refractivity (Wildman–Crippen MR) is 524 cm³/mol. The lowest BCUT2D eigenvalue weighted by Crippen LogP contribution is -2.25. The first-order valence-electron chi connectivity index (χ1n) is 45.3. The van der Waals surface area contributed by atoms with Crippen LogP contribution >= 0.6 is 0 Å². The molecule has 0 amide bonds. The van der Waals surface area contributed by atoms with Crippen molar-refractivity contribution in [3.63, 3.8) is 0 Å². The SMILES string of the molecule is COc1ccccc1-c1cnc(N)c(-c2nnnn2-c2ccc(OCCN(C)C)c(C)c2F)c1.Cc1c(OCCN2CCCC2)ccc(-n2nnnc2-c2cc(-c3ccc(F)cc3)cnc2N)c1F.Cc1cccc(-c2cnc(N)c(-c3nnnn3-c3ccc(OCCN(C)C)c(C)c3F)c2)c1C.Cc1cccc(-c2cnc(N)c(-c3nnnn3-c3ccc(OCCN4CCCC4)c(C)c3F)c2)c1C. The van der Waals surface area contributed by atoms with Crippen molar-refractivity contribution in [2.75, 3.05) is 137 Å². The van der Waals surface area contributed by atoms with Crippen molar-refractivity contribution in [1.29, 1.82) is 0 Å². The minimum atomic E-state index is -0.488. The van der Waals surface area contributed by atoms with Gasteiger partial charge in [0.15, 0.2) is 46.6 Å². The summed E-state index contributed by atoms with van der Waals surface area (Å²) in [6.45, 7) is 24.3. The summed E-state index contributed by atoms with van der Waals surface area (Å²) in [6.07, 6.45) is 11.6. The molecule has 33 nitrogen and oxygen atoms in total. The summed E-state index contributed by atoms with van der Waals surface area (Å²) in [6, 6.07) is 46.4. The second-order valence-corrected chi connectivity index (χ2v) is 34.2. The number of ether oxygens (including phenoxy) is 5. The van der Waals surface area contributed by atoms with Gasteiger partial charge in [-0.1, -0.05) is 66.7 Å². The molecule has 0 radical (unpaired) electrons. The highest BCUT2D eigenvalue weighted by molar-refractivity contribution is 5.82. The number of hydrogen-bond acceptors (Lipinski definition) is 29. The molecule has 16 aromatic rings. The molecule has 18 rings (SSSR count). The second-order valence-electron chi connectivity index (χ2n) is 34.2. The maximum Gasteiger partial charge on any atom is 0.190 e. The Morgan fingerprint density at radius 1 is 0.317 bits per heavy atom. The van der Waals surface area contributed by atoms with Crippen LogP contribution in [0.5, 0.6) is 28.7 Å². The molecule has 139 heavy (non-hydrogen) atoms. The average Bonchev–Trinajstić information content (AvgIpc) is 1.71. The van der Waals surface area contributed by atoms with Crippen molar-refractivity contribution < 1.29 is 45.6 Å². The van der Waals surface area contributed by atoms with Crippen LogP contribution in [0.4, 0.5) is 45.2 Å². The van der Waals surface area contributed by atoms with Gasteiger partial charge in [-0.25, -0.2) is 41.9 Å². The molecule has 8 N–H and O–H groups in total. The number of aryl methyl sites for hydroxylation is 2. The molecule has 0 aliphatic carbocycles. The van der Waals surface area contributed by atoms with E-state index in [1.807, 2.05) is 105 Å². The van der Waals surface area contributed by atoms with Crippen molar-refractivity contribution in [3.05, 3.63) is 256 Å². The Kier molecular flexibility index (Phi) is 31.3. The van der Waals surface area contributed by atoms with Crippen molar-refractivity contribution in [2.24, 2.45) is 0 Å². The van der Waals surface area contributed by atoms with Gasteiger partial charge in [0, 0.05) is 101 Å². The lowest BCUT2D eigenvalue weighted by molar-refractivity contribution is 0.236. The Hall–Kier alpha value is -15.7. The van der Waals surface area contributed by atoms with Crippen LogP contribution in [-0.2, 0) is 0 Å². The molecule has 0 bridgehead atoms. The number of nitrogen functional groups attached to an aromatic ring is 4. The Labute approximate surface area is 800 Å². The van der Waals surface area contributed by atoms with Crippen molar-refractivity contribution in [3.8, 4) is 142 Å². The molecule has 718 valence electrons. The van der Waals surface area contributed by atoms with E-state index >= 15 is 17.6 Å². The van der Waals surface area contributed by atoms with E-state index in [1.54, 1.807) is 126 Å². The monoisotopic (exact) mass is 1890 g/mol. The highest BCUT2D eigenvalue weighted by Gasteiger charge is 2.28. The van der Waals surface area contributed by atoms with Crippen LogP contribution in [0.1, 0.15) is 70.2 Å². The fourth-order valence-corrected chi connectivity index (χ4v) is 16.1. The smallest absolute Gasteiger partial charge is 0.190 e. The van der Waals surface area contributed by atoms with Crippen LogP contribution in [-0.4, -0.2) is 234 Å². The lowest BCUT2D eigenvalue weighted by Gasteiger charge is -2.17. The number of nitrogens with zero attached hydrogens (tertiary/aromatic N) is 24. The third-order valence-corrected chi connectivity index (χ3v) is 24.4. The van der Waals surface area contributed by atoms with E-state index in [0.717, 1.165) is 102 Å². The average molecular weight is 1890 g/mol. The van der Waals surface area contributed by atoms with Gasteiger partial charge in [-0.2, -0.15) is 18.7 Å². The molecular weight excluding hydrogens is 1780 g/mol. The predicted octanol–water partition coefficient (Wildman–Crippen LogP) is 15.9. The maximum atomic E-state index is 15.5. The molecule has 2 aliphatic rings. The quantitative estimate of drug-likeness (QED) is 0.0316. The summed E-state index contributed by atoms with van der Waals surface area (Å²) in [5.74, 6) is 2.46. The van der Waals surface area contributed by atoms with E-state index < -0.39 is 23.3 Å². The third-order valence-electron chi connectivity index (χ3n) is 24.4. The first-order chi connectivity index (χ1) is 67.1. The summed E-state index contributed by atoms with van der Waals surface area (Å²) >= 11 is 0. The minimum Gasteiger partial charge on any atom is -0.496 e. The molecular formula is C101H109F5N28O5. The molecule has 2 fully saturated rings. The Morgan fingerprint density at radius 2 is 0.619 bits per heavy atom. The Balaban J connectivity index is 0.000000140. The number of likely N-dealkylation sites (N-methyl/N-ethyl adjacent to an activating group) is 2. The van der Waals surface area contributed by atoms with E-state index in [4.69, 9.17) is 46.6 Å². The number of hydrogen-bond donors (Lipinski definition) is 4. The fourth-order valence-electron chi connectivity index (χ4n) is 16.1. The summed E-state index contributed by atoms with van der Waals surface area (Å²) in [5, 5.41) is 47.7. The zero-order valence-corrected chi connectivity index (χ0v) is 79.6. The van der Waals surface area contributed by atoms with E-state index in [-0.39, 0.29) is 63.5 Å². The van der Waals surface area contributed by atoms with Gasteiger partial charge in [-0.05, 0) is 307 Å². The maximum absolute atomic E-state index is 15.5. The van der Waals surface area contributed by atoms with E-state index in [2.05, 4.69) is 132 Å². The van der Waals surface area contributed by atoms with Crippen molar-refractivity contribution in [1.82, 2.24) is 120 Å². The lowest BCUT2D eigenvalue weighted by atomic mass is 9.97. The van der Waals surface area contributed by atoms with Gasteiger partial charge in [-0.3, -0.25) is 9.80 Å². The summed E-state index contributed by atoms with van der Waals surface area (Å²) in [5.41, 5.74) is 40.5. The third kappa shape index (κ3) is 22.4. The number of anilines is 4. The normalized spacial score (nSPS) is 12.6. The number of rotatable bonds is 29. The molecule has 8 aromatic carbocycles. The summed E-state index contributed by atoms with van der Waals surface area (Å²) in [4.78, 5) is 26.0. The van der Waals surface area contributed by atoms with Gasteiger partial charge >= 0.3 is 0 Å². The van der Waals surface area contributed by atoms with Gasteiger partial charge in [0.05, 0.1) is 29.4 Å². The largest absolute Gasteiger partial charge is 0.496 e. The van der Waals surface area contributed by atoms with Gasteiger partial charge < -0.3 is 56.4 Å². The van der Waals surface area contributed by atoms with Gasteiger partial charge in [0.25, 0.3) is 0 Å². The minimum absolute atomic E-state index is 0.168. The van der Waals surface area contributed by atoms with E-state index in [1.165, 1.54) is 67.7 Å². The highest BCUT2D eigenvalue weighted by Crippen LogP contribution is 2.41. The molecule has 8 aromatic heterocycles. The molecule has 0 spiro atoms. The summed E-state index contributed by atoms with van der Waals surface area (Å²) in [7, 11) is 9.40. The molecule has 2 aliphatic heterocycles. The number of likely N-dealkylation sites (tertiary alicyclic amines) is 2. The second kappa shape index (κ2) is 44.4. The molecule has 0 unspecified atom stereocenters. The number of halogens is 5. The number of methoxy groups -OCH3 is 1. The molecule has 0 saturated carbocycles. The number of para-hydroxylation sites is 1. The van der Waals surface area contributed by atoms with Gasteiger partial charge in [-0.15, -0.1) is 20.4 Å². The van der Waals surface area contributed by atoms with Crippen LogP contribution in [0.3, 0.4) is 0 Å².